The van der Waals surface area contributed by atoms with Gasteiger partial charge in [0.05, 0.1) is 24.4 Å². The van der Waals surface area contributed by atoms with Crippen LogP contribution in [0.4, 0.5) is 0 Å². The van der Waals surface area contributed by atoms with Gasteiger partial charge >= 0.3 is 0 Å². The van der Waals surface area contributed by atoms with E-state index in [9.17, 15) is 9.90 Å². The van der Waals surface area contributed by atoms with Gasteiger partial charge in [-0.05, 0) is 38.0 Å². The molecule has 0 radical (unpaired) electrons. The van der Waals surface area contributed by atoms with Gasteiger partial charge in [0.2, 0.25) is 5.91 Å². The zero-order valence-electron chi connectivity index (χ0n) is 16.3. The van der Waals surface area contributed by atoms with Gasteiger partial charge in [0, 0.05) is 31.9 Å². The molecular weight excluding hydrogens is 348 g/mol. The molecule has 1 aromatic rings. The molecule has 3 rings (SSSR count). The summed E-state index contributed by atoms with van der Waals surface area (Å²) in [5, 5.41) is 21.2. The normalized spacial score (nSPS) is 27.0. The summed E-state index contributed by atoms with van der Waals surface area (Å²) in [5.41, 5.74) is 0.990. The molecule has 2 aliphatic rings. The Labute approximate surface area is 160 Å². The Morgan fingerprint density at radius 2 is 2.11 bits per heavy atom. The van der Waals surface area contributed by atoms with Crippen LogP contribution in [0.2, 0.25) is 0 Å². The van der Waals surface area contributed by atoms with Crippen molar-refractivity contribution in [2.75, 3.05) is 19.8 Å². The number of aliphatic hydroxyl groups is 1. The van der Waals surface area contributed by atoms with Crippen LogP contribution in [0.25, 0.3) is 0 Å². The van der Waals surface area contributed by atoms with Crippen LogP contribution in [0.15, 0.2) is 6.20 Å². The van der Waals surface area contributed by atoms with E-state index in [0.717, 1.165) is 44.3 Å². The second-order valence-electron chi connectivity index (χ2n) is 7.91. The minimum Gasteiger partial charge on any atom is -0.394 e. The van der Waals surface area contributed by atoms with Crippen LogP contribution in [-0.4, -0.2) is 64.1 Å². The third kappa shape index (κ3) is 5.49. The Bertz CT molecular complexity index is 600. The van der Waals surface area contributed by atoms with Crippen LogP contribution in [0, 0.1) is 5.92 Å². The fourth-order valence-corrected chi connectivity index (χ4v) is 3.73. The monoisotopic (exact) mass is 380 g/mol. The van der Waals surface area contributed by atoms with Gasteiger partial charge < -0.3 is 19.9 Å². The van der Waals surface area contributed by atoms with E-state index in [2.05, 4.69) is 29.5 Å². The molecule has 0 aliphatic carbocycles. The van der Waals surface area contributed by atoms with Gasteiger partial charge in [-0.15, -0.1) is 5.10 Å². The van der Waals surface area contributed by atoms with E-state index in [0.29, 0.717) is 19.1 Å². The van der Waals surface area contributed by atoms with Crippen molar-refractivity contribution in [2.24, 2.45) is 5.92 Å². The smallest absolute Gasteiger partial charge is 0.223 e. The summed E-state index contributed by atoms with van der Waals surface area (Å²) in [4.78, 5) is 12.5. The standard InChI is InChI=1S/C19H32N4O4/c1-13(2)17-11-23(22-21-17)8-5-15-3-4-16(18(12-24)27-15)20-19(25)14-6-9-26-10-7-14/h11,13-16,18,24H,3-10,12H2,1-2H3,(H,20,25)/t15-,16-,18-/m1/s1. The molecule has 2 saturated heterocycles. The van der Waals surface area contributed by atoms with Crippen molar-refractivity contribution in [1.82, 2.24) is 20.3 Å². The van der Waals surface area contributed by atoms with Crippen LogP contribution in [0.3, 0.4) is 0 Å². The zero-order chi connectivity index (χ0) is 19.2. The molecule has 2 fully saturated rings. The lowest BCUT2D eigenvalue weighted by Gasteiger charge is -2.37. The van der Waals surface area contributed by atoms with E-state index in [4.69, 9.17) is 9.47 Å². The van der Waals surface area contributed by atoms with Gasteiger partial charge in [0.15, 0.2) is 0 Å². The molecule has 0 saturated carbocycles. The lowest BCUT2D eigenvalue weighted by atomic mass is 9.94. The predicted molar refractivity (Wildman–Crippen MR) is 99.2 cm³/mol. The van der Waals surface area contributed by atoms with Crippen LogP contribution in [-0.2, 0) is 20.8 Å². The lowest BCUT2D eigenvalue weighted by Crippen LogP contribution is -2.52. The second kappa shape index (κ2) is 9.61. The molecule has 1 amide bonds. The Hall–Kier alpha value is -1.51. The summed E-state index contributed by atoms with van der Waals surface area (Å²) in [6, 6.07) is -0.125. The van der Waals surface area contributed by atoms with Gasteiger partial charge in [-0.2, -0.15) is 0 Å². The number of nitrogens with one attached hydrogen (secondary N) is 1. The largest absolute Gasteiger partial charge is 0.394 e. The summed E-state index contributed by atoms with van der Waals surface area (Å²) in [6.07, 6.45) is 5.72. The van der Waals surface area contributed by atoms with E-state index in [1.54, 1.807) is 0 Å². The maximum absolute atomic E-state index is 12.5. The van der Waals surface area contributed by atoms with E-state index < -0.39 is 0 Å². The Balaban J connectivity index is 1.46. The van der Waals surface area contributed by atoms with Gasteiger partial charge in [-0.1, -0.05) is 19.1 Å². The Morgan fingerprint density at radius 1 is 1.33 bits per heavy atom. The van der Waals surface area contributed by atoms with Crippen molar-refractivity contribution in [3.05, 3.63) is 11.9 Å². The number of aromatic nitrogens is 3. The fraction of sp³-hybridized carbons (Fsp3) is 0.842. The molecule has 0 bridgehead atoms. The van der Waals surface area contributed by atoms with E-state index in [-0.39, 0.29) is 36.7 Å². The number of ether oxygens (including phenoxy) is 2. The second-order valence-corrected chi connectivity index (χ2v) is 7.91. The number of amides is 1. The average molecular weight is 380 g/mol. The number of rotatable bonds is 7. The highest BCUT2D eigenvalue weighted by Gasteiger charge is 2.33. The van der Waals surface area contributed by atoms with Crippen molar-refractivity contribution >= 4 is 5.91 Å². The molecule has 3 atom stereocenters. The molecule has 27 heavy (non-hydrogen) atoms. The molecule has 0 aromatic carbocycles. The van der Waals surface area contributed by atoms with E-state index >= 15 is 0 Å². The summed E-state index contributed by atoms with van der Waals surface area (Å²) in [6.45, 7) is 6.13. The van der Waals surface area contributed by atoms with Crippen LogP contribution < -0.4 is 5.32 Å². The first kappa shape index (κ1) is 20.2. The number of nitrogens with zero attached hydrogens (tertiary/aromatic N) is 3. The highest BCUT2D eigenvalue weighted by atomic mass is 16.5. The van der Waals surface area contributed by atoms with Crippen molar-refractivity contribution in [3.63, 3.8) is 0 Å². The molecule has 0 spiro atoms. The summed E-state index contributed by atoms with van der Waals surface area (Å²) < 4.78 is 13.2. The molecule has 2 aliphatic heterocycles. The first-order valence-electron chi connectivity index (χ1n) is 10.1. The summed E-state index contributed by atoms with van der Waals surface area (Å²) in [7, 11) is 0. The third-order valence-corrected chi connectivity index (χ3v) is 5.54. The summed E-state index contributed by atoms with van der Waals surface area (Å²) in [5.74, 6) is 0.439. The number of hydrogen-bond acceptors (Lipinski definition) is 6. The lowest BCUT2D eigenvalue weighted by molar-refractivity contribution is -0.134. The predicted octanol–water partition coefficient (Wildman–Crippen LogP) is 1.24. The van der Waals surface area contributed by atoms with Crippen molar-refractivity contribution in [2.45, 2.75) is 76.7 Å². The van der Waals surface area contributed by atoms with Crippen molar-refractivity contribution < 1.29 is 19.4 Å². The molecule has 3 heterocycles. The maximum Gasteiger partial charge on any atom is 0.223 e. The quantitative estimate of drug-likeness (QED) is 0.739. The SMILES string of the molecule is CC(C)c1cn(CC[C@H]2CC[C@@H](NC(=O)C3CCOCC3)[C@@H](CO)O2)nn1. The average Bonchev–Trinajstić information content (AvgIpc) is 3.17. The molecule has 8 nitrogen and oxygen atoms in total. The number of carbonyl (C=O) groups is 1. The van der Waals surface area contributed by atoms with Crippen molar-refractivity contribution in [1.29, 1.82) is 0 Å². The van der Waals surface area contributed by atoms with E-state index in [1.165, 1.54) is 0 Å². The van der Waals surface area contributed by atoms with Gasteiger partial charge in [0.25, 0.3) is 0 Å². The minimum atomic E-state index is -0.352. The third-order valence-electron chi connectivity index (χ3n) is 5.54. The minimum absolute atomic E-state index is 0.0123. The van der Waals surface area contributed by atoms with E-state index in [1.807, 2.05) is 10.9 Å². The Kier molecular flexibility index (Phi) is 7.20. The first-order chi connectivity index (χ1) is 13.1. The molecule has 152 valence electrons. The molecule has 0 unspecified atom stereocenters. The molecule has 2 N–H and O–H groups in total. The number of hydrogen-bond donors (Lipinski definition) is 2. The van der Waals surface area contributed by atoms with Gasteiger partial charge in [-0.3, -0.25) is 9.48 Å². The first-order valence-corrected chi connectivity index (χ1v) is 10.1. The summed E-state index contributed by atoms with van der Waals surface area (Å²) >= 11 is 0. The van der Waals surface area contributed by atoms with Crippen molar-refractivity contribution in [3.8, 4) is 0 Å². The highest BCUT2D eigenvalue weighted by Crippen LogP contribution is 2.24. The number of aliphatic hydroxyl groups excluding tert-OH is 1. The van der Waals surface area contributed by atoms with Crippen LogP contribution >= 0.6 is 0 Å². The molecule has 8 heteroatoms. The zero-order valence-corrected chi connectivity index (χ0v) is 16.3. The van der Waals surface area contributed by atoms with Crippen LogP contribution in [0.5, 0.6) is 0 Å². The molecular formula is C19H32N4O4. The van der Waals surface area contributed by atoms with Gasteiger partial charge in [0.1, 0.15) is 6.10 Å². The number of carbonyl (C=O) groups excluding carboxylic acids is 1. The van der Waals surface area contributed by atoms with Crippen LogP contribution in [0.1, 0.15) is 57.6 Å². The fourth-order valence-electron chi connectivity index (χ4n) is 3.73. The number of aryl methyl sites for hydroxylation is 1. The maximum atomic E-state index is 12.5. The van der Waals surface area contributed by atoms with Gasteiger partial charge in [-0.25, -0.2) is 0 Å². The molecule has 1 aromatic heterocycles. The highest BCUT2D eigenvalue weighted by molar-refractivity contribution is 5.79. The Morgan fingerprint density at radius 3 is 2.78 bits per heavy atom. The topological polar surface area (TPSA) is 98.5 Å².